The smallest absolute Gasteiger partial charge is 0.404 e. The van der Waals surface area contributed by atoms with Crippen molar-refractivity contribution >= 4 is 39.1 Å². The van der Waals surface area contributed by atoms with Crippen LogP contribution in [0.5, 0.6) is 0 Å². The van der Waals surface area contributed by atoms with Crippen LogP contribution in [0.15, 0.2) is 46.9 Å². The summed E-state index contributed by atoms with van der Waals surface area (Å²) in [5, 5.41) is 14.2. The number of alkyl halides is 3. The minimum absolute atomic E-state index is 0.110. The van der Waals surface area contributed by atoms with E-state index in [1.807, 2.05) is 47.4 Å². The Morgan fingerprint density at radius 1 is 1.10 bits per heavy atom. The highest BCUT2D eigenvalue weighted by Crippen LogP contribution is 2.37. The van der Waals surface area contributed by atoms with Gasteiger partial charge in [-0.15, -0.1) is 0 Å². The van der Waals surface area contributed by atoms with Crippen LogP contribution in [0.3, 0.4) is 0 Å². The van der Waals surface area contributed by atoms with Crippen molar-refractivity contribution in [1.82, 2.24) is 5.32 Å². The summed E-state index contributed by atoms with van der Waals surface area (Å²) in [5.74, 6) is -1.22. The predicted molar refractivity (Wildman–Crippen MR) is 110 cm³/mol. The van der Waals surface area contributed by atoms with Crippen molar-refractivity contribution in [2.45, 2.75) is 25.6 Å². The molecular weight excluding hydrogens is 451 g/mol. The third-order valence-corrected chi connectivity index (χ3v) is 5.57. The van der Waals surface area contributed by atoms with Crippen LogP contribution in [-0.4, -0.2) is 30.5 Å². The Labute approximate surface area is 175 Å². The molecule has 1 aliphatic rings. The third kappa shape index (κ3) is 5.79. The maximum absolute atomic E-state index is 12.8. The van der Waals surface area contributed by atoms with E-state index in [0.717, 1.165) is 27.1 Å². The molecule has 9 heteroatoms. The fraction of sp³-hybridized carbons (Fsp3) is 0.350. The van der Waals surface area contributed by atoms with Gasteiger partial charge in [-0.1, -0.05) is 12.1 Å². The topological polar surface area (TPSA) is 64.6 Å². The number of anilines is 3. The second kappa shape index (κ2) is 8.94. The van der Waals surface area contributed by atoms with Crippen LogP contribution in [0.25, 0.3) is 0 Å². The lowest BCUT2D eigenvalue weighted by Crippen LogP contribution is -2.39. The second-order valence-corrected chi connectivity index (χ2v) is 7.80. The number of nitrogens with zero attached hydrogens (tertiary/aromatic N) is 1. The number of piperidine rings is 1. The molecule has 2 aromatic rings. The summed E-state index contributed by atoms with van der Waals surface area (Å²) in [7, 11) is 0. The molecule has 2 aromatic carbocycles. The van der Waals surface area contributed by atoms with Gasteiger partial charge in [-0.2, -0.15) is 13.2 Å². The third-order valence-electron chi connectivity index (χ3n) is 4.93. The number of rotatable bonds is 5. The van der Waals surface area contributed by atoms with E-state index < -0.39 is 18.2 Å². The van der Waals surface area contributed by atoms with Crippen LogP contribution < -0.4 is 15.5 Å². The predicted octanol–water partition coefficient (Wildman–Crippen LogP) is 5.74. The molecule has 1 heterocycles. The molecule has 0 spiro atoms. The summed E-state index contributed by atoms with van der Waals surface area (Å²) < 4.78 is 39.4. The van der Waals surface area contributed by atoms with Crippen LogP contribution in [-0.2, 0) is 6.54 Å². The molecule has 1 amide bonds. The Kier molecular flexibility index (Phi) is 6.56. The monoisotopic (exact) mass is 471 g/mol. The van der Waals surface area contributed by atoms with Gasteiger partial charge in [0.25, 0.3) is 0 Å². The van der Waals surface area contributed by atoms with Crippen molar-refractivity contribution in [2.75, 3.05) is 23.3 Å². The van der Waals surface area contributed by atoms with Crippen molar-refractivity contribution < 1.29 is 23.1 Å². The number of carbonyl (C=O) groups is 1. The molecule has 156 valence electrons. The number of hydrogen-bond acceptors (Lipinski definition) is 3. The van der Waals surface area contributed by atoms with Crippen molar-refractivity contribution in [3.05, 3.63) is 52.5 Å². The average Bonchev–Trinajstić information content (AvgIpc) is 2.67. The van der Waals surface area contributed by atoms with Gasteiger partial charge >= 0.3 is 12.3 Å². The fourth-order valence-corrected chi connectivity index (χ4v) is 3.97. The number of amides is 1. The highest BCUT2D eigenvalue weighted by Gasteiger charge is 2.41. The standard InChI is InChI=1S/C20H21BrF3N3O2/c21-17-11-16(26-15-3-1-13(2-4-15)12-25-19(28)29)5-6-18(17)27-9-7-14(8-10-27)20(22,23)24/h1-6,11,14,25-26H,7-10,12H2,(H,28,29). The van der Waals surface area contributed by atoms with Crippen molar-refractivity contribution in [3.63, 3.8) is 0 Å². The zero-order chi connectivity index (χ0) is 21.0. The molecule has 0 radical (unpaired) electrons. The maximum Gasteiger partial charge on any atom is 0.404 e. The second-order valence-electron chi connectivity index (χ2n) is 6.95. The molecule has 1 saturated heterocycles. The molecule has 0 aromatic heterocycles. The highest BCUT2D eigenvalue weighted by molar-refractivity contribution is 9.10. The van der Waals surface area contributed by atoms with Crippen LogP contribution in [0, 0.1) is 5.92 Å². The van der Waals surface area contributed by atoms with Crippen molar-refractivity contribution in [1.29, 1.82) is 0 Å². The molecule has 3 N–H and O–H groups in total. The number of benzene rings is 2. The van der Waals surface area contributed by atoms with Gasteiger partial charge < -0.3 is 20.6 Å². The molecule has 3 rings (SSSR count). The first-order valence-corrected chi connectivity index (χ1v) is 9.95. The van der Waals surface area contributed by atoms with E-state index in [9.17, 15) is 18.0 Å². The number of carboxylic acid groups (broad SMARTS) is 1. The molecule has 0 atom stereocenters. The molecule has 0 saturated carbocycles. The molecule has 29 heavy (non-hydrogen) atoms. The zero-order valence-electron chi connectivity index (χ0n) is 15.5. The first kappa shape index (κ1) is 21.3. The summed E-state index contributed by atoms with van der Waals surface area (Å²) in [6, 6.07) is 13.0. The normalized spacial score (nSPS) is 15.2. The first-order chi connectivity index (χ1) is 13.7. The Balaban J connectivity index is 1.60. The summed E-state index contributed by atoms with van der Waals surface area (Å²) >= 11 is 3.53. The number of nitrogens with one attached hydrogen (secondary N) is 2. The minimum Gasteiger partial charge on any atom is -0.465 e. The molecule has 5 nitrogen and oxygen atoms in total. The van der Waals surface area contributed by atoms with Crippen LogP contribution in [0.1, 0.15) is 18.4 Å². The highest BCUT2D eigenvalue weighted by atomic mass is 79.9. The largest absolute Gasteiger partial charge is 0.465 e. The summed E-state index contributed by atoms with van der Waals surface area (Å²) in [6.07, 6.45) is -4.96. The van der Waals surface area contributed by atoms with Crippen LogP contribution >= 0.6 is 15.9 Å². The van der Waals surface area contributed by atoms with E-state index in [4.69, 9.17) is 5.11 Å². The van der Waals surface area contributed by atoms with Gasteiger partial charge in [-0.05, 0) is 64.7 Å². The molecule has 1 fully saturated rings. The van der Waals surface area contributed by atoms with E-state index in [2.05, 4.69) is 26.6 Å². The van der Waals surface area contributed by atoms with E-state index in [1.54, 1.807) is 0 Å². The van der Waals surface area contributed by atoms with Crippen molar-refractivity contribution in [3.8, 4) is 0 Å². The Hall–Kier alpha value is -2.42. The number of halogens is 4. The van der Waals surface area contributed by atoms with E-state index >= 15 is 0 Å². The van der Waals surface area contributed by atoms with Crippen molar-refractivity contribution in [2.24, 2.45) is 5.92 Å². The quantitative estimate of drug-likeness (QED) is 0.520. The first-order valence-electron chi connectivity index (χ1n) is 9.16. The van der Waals surface area contributed by atoms with Crippen LogP contribution in [0.2, 0.25) is 0 Å². The SMILES string of the molecule is O=C(O)NCc1ccc(Nc2ccc(N3CCC(C(F)(F)F)CC3)c(Br)c2)cc1. The molecule has 0 bridgehead atoms. The molecule has 0 aliphatic carbocycles. The van der Waals surface area contributed by atoms with Gasteiger partial charge in [0.2, 0.25) is 0 Å². The minimum atomic E-state index is -4.11. The number of hydrogen-bond donors (Lipinski definition) is 3. The summed E-state index contributed by atoms with van der Waals surface area (Å²) in [4.78, 5) is 12.5. The van der Waals surface area contributed by atoms with Gasteiger partial charge in [0.15, 0.2) is 0 Å². The van der Waals surface area contributed by atoms with Gasteiger partial charge in [-0.3, -0.25) is 0 Å². The van der Waals surface area contributed by atoms with Crippen LogP contribution in [0.4, 0.5) is 35.0 Å². The Morgan fingerprint density at radius 2 is 1.72 bits per heavy atom. The van der Waals surface area contributed by atoms with Gasteiger partial charge in [0.1, 0.15) is 0 Å². The van der Waals surface area contributed by atoms with Gasteiger partial charge in [0.05, 0.1) is 11.6 Å². The summed E-state index contributed by atoms with van der Waals surface area (Å²) in [6.45, 7) is 0.990. The lowest BCUT2D eigenvalue weighted by Gasteiger charge is -2.35. The lowest BCUT2D eigenvalue weighted by molar-refractivity contribution is -0.179. The summed E-state index contributed by atoms with van der Waals surface area (Å²) in [5.41, 5.74) is 3.40. The Morgan fingerprint density at radius 3 is 2.28 bits per heavy atom. The Bertz CT molecular complexity index is 851. The van der Waals surface area contributed by atoms with E-state index in [1.165, 1.54) is 0 Å². The van der Waals surface area contributed by atoms with E-state index in [0.29, 0.717) is 13.1 Å². The zero-order valence-corrected chi connectivity index (χ0v) is 17.1. The maximum atomic E-state index is 12.8. The molecular formula is C20H21BrF3N3O2. The van der Waals surface area contributed by atoms with Gasteiger partial charge in [-0.25, -0.2) is 4.79 Å². The molecule has 1 aliphatic heterocycles. The molecule has 0 unspecified atom stereocenters. The van der Waals surface area contributed by atoms with Gasteiger partial charge in [0, 0.05) is 35.5 Å². The van der Waals surface area contributed by atoms with E-state index in [-0.39, 0.29) is 19.4 Å². The average molecular weight is 472 g/mol. The fourth-order valence-electron chi connectivity index (χ4n) is 3.34. The lowest BCUT2D eigenvalue weighted by atomic mass is 9.96.